The molecule has 1 aliphatic heterocycles. The van der Waals surface area contributed by atoms with Crippen LogP contribution in [0.4, 0.5) is 4.39 Å². The van der Waals surface area contributed by atoms with Crippen molar-refractivity contribution in [3.05, 3.63) is 47.7 Å². The van der Waals surface area contributed by atoms with Crippen LogP contribution >= 0.6 is 0 Å². The number of fused-ring (bicyclic) bond motifs is 1. The van der Waals surface area contributed by atoms with Gasteiger partial charge in [-0.25, -0.2) is 14.4 Å². The number of hydrogen-bond acceptors (Lipinski definition) is 6. The van der Waals surface area contributed by atoms with Crippen molar-refractivity contribution in [3.63, 3.8) is 0 Å². The summed E-state index contributed by atoms with van der Waals surface area (Å²) >= 11 is 0. The van der Waals surface area contributed by atoms with Gasteiger partial charge >= 0.3 is 0 Å². The Kier molecular flexibility index (Phi) is 6.12. The second-order valence-corrected chi connectivity index (χ2v) is 8.66. The Morgan fingerprint density at radius 2 is 2.03 bits per heavy atom. The number of nitrogens with two attached hydrogens (primary N) is 1. The number of carbonyl (C=O) groups is 1. The summed E-state index contributed by atoms with van der Waals surface area (Å²) in [4.78, 5) is 28.3. The number of aryl methyl sites for hydroxylation is 1. The van der Waals surface area contributed by atoms with Gasteiger partial charge in [0.1, 0.15) is 12.0 Å². The van der Waals surface area contributed by atoms with E-state index in [1.165, 1.54) is 18.5 Å². The van der Waals surface area contributed by atoms with Crippen LogP contribution in [0.5, 0.6) is 11.6 Å². The zero-order valence-electron chi connectivity index (χ0n) is 18.8. The van der Waals surface area contributed by atoms with Crippen LogP contribution in [0, 0.1) is 12.7 Å². The first-order valence-electron chi connectivity index (χ1n) is 10.8. The van der Waals surface area contributed by atoms with Crippen molar-refractivity contribution in [2.45, 2.75) is 45.3 Å². The molecule has 0 aliphatic carbocycles. The number of nitrogens with zero attached hydrogens (tertiary/aromatic N) is 4. The molecule has 0 bridgehead atoms. The maximum absolute atomic E-state index is 14.8. The lowest BCUT2D eigenvalue weighted by Gasteiger charge is -2.43. The number of amides is 1. The Labute approximate surface area is 186 Å². The first kappa shape index (κ1) is 22.2. The Morgan fingerprint density at radius 3 is 2.72 bits per heavy atom. The molecule has 0 radical (unpaired) electrons. The van der Waals surface area contributed by atoms with Crippen LogP contribution in [-0.2, 0) is 11.2 Å². The van der Waals surface area contributed by atoms with Gasteiger partial charge in [-0.15, -0.1) is 0 Å². The van der Waals surface area contributed by atoms with Gasteiger partial charge in [0.25, 0.3) is 0 Å². The normalized spacial score (nSPS) is 20.5. The fraction of sp³-hybridized carbons (Fsp3) is 0.435. The lowest BCUT2D eigenvalue weighted by atomic mass is 10.0. The van der Waals surface area contributed by atoms with Crippen molar-refractivity contribution in [3.8, 4) is 11.6 Å². The number of halogens is 1. The van der Waals surface area contributed by atoms with Gasteiger partial charge in [0.15, 0.2) is 11.6 Å². The molecule has 1 fully saturated rings. The van der Waals surface area contributed by atoms with Gasteiger partial charge in [-0.2, -0.15) is 0 Å². The molecule has 0 saturated carbocycles. The average Bonchev–Trinajstić information content (AvgIpc) is 3.14. The average molecular weight is 441 g/mol. The van der Waals surface area contributed by atoms with E-state index in [0.29, 0.717) is 29.7 Å². The summed E-state index contributed by atoms with van der Waals surface area (Å²) in [5.41, 5.74) is 8.37. The SMILES string of the molecule is Cc1c[nH]c2ncnc(Oc3ccc(CC(N)C(=O)N4CC(C)N(C)C(C)C4)cc3F)c12. The quantitative estimate of drug-likeness (QED) is 0.633. The second kappa shape index (κ2) is 8.84. The number of piperazine rings is 1. The molecule has 1 aromatic carbocycles. The summed E-state index contributed by atoms with van der Waals surface area (Å²) in [6.07, 6.45) is 3.41. The van der Waals surface area contributed by atoms with Gasteiger partial charge < -0.3 is 20.4 Å². The van der Waals surface area contributed by atoms with Gasteiger partial charge in [0.05, 0.1) is 11.4 Å². The predicted octanol–water partition coefficient (Wildman–Crippen LogP) is 2.62. The lowest BCUT2D eigenvalue weighted by Crippen LogP contribution is -2.59. The van der Waals surface area contributed by atoms with Crippen molar-refractivity contribution in [2.24, 2.45) is 5.73 Å². The molecule has 0 spiro atoms. The van der Waals surface area contributed by atoms with Gasteiger partial charge in [-0.05, 0) is 57.5 Å². The summed E-state index contributed by atoms with van der Waals surface area (Å²) < 4.78 is 20.5. The molecule has 3 heterocycles. The smallest absolute Gasteiger partial charge is 0.239 e. The maximum atomic E-state index is 14.8. The molecular weight excluding hydrogens is 411 g/mol. The standard InChI is InChI=1S/C23H29FN6O2/c1-13-9-26-21-20(13)22(28-12-27-21)32-19-6-5-16(7-17(19)24)8-18(25)23(31)30-10-14(2)29(4)15(3)11-30/h5-7,9,12,14-15,18H,8,10-11,25H2,1-4H3,(H,26,27,28). The molecule has 3 N–H and O–H groups in total. The van der Waals surface area contributed by atoms with E-state index >= 15 is 0 Å². The van der Waals surface area contributed by atoms with E-state index in [1.54, 1.807) is 12.3 Å². The molecule has 3 aromatic rings. The second-order valence-electron chi connectivity index (χ2n) is 8.66. The molecule has 8 nitrogen and oxygen atoms in total. The molecule has 2 aromatic heterocycles. The molecule has 170 valence electrons. The molecule has 1 aliphatic rings. The Bertz CT molecular complexity index is 1120. The summed E-state index contributed by atoms with van der Waals surface area (Å²) in [6, 6.07) is 4.43. The van der Waals surface area contributed by atoms with E-state index < -0.39 is 11.9 Å². The number of hydrogen-bond donors (Lipinski definition) is 2. The first-order valence-corrected chi connectivity index (χ1v) is 10.8. The number of H-pyrrole nitrogens is 1. The lowest BCUT2D eigenvalue weighted by molar-refractivity contribution is -0.136. The number of ether oxygens (including phenoxy) is 1. The van der Waals surface area contributed by atoms with Gasteiger partial charge in [0, 0.05) is 31.4 Å². The number of nitrogens with one attached hydrogen (secondary N) is 1. The Morgan fingerprint density at radius 1 is 1.31 bits per heavy atom. The van der Waals surface area contributed by atoms with E-state index in [2.05, 4.69) is 40.7 Å². The molecule has 32 heavy (non-hydrogen) atoms. The number of rotatable bonds is 5. The van der Waals surface area contributed by atoms with Crippen LogP contribution in [0.2, 0.25) is 0 Å². The monoisotopic (exact) mass is 440 g/mol. The molecule has 3 atom stereocenters. The number of carbonyl (C=O) groups excluding carboxylic acids is 1. The maximum Gasteiger partial charge on any atom is 0.239 e. The Hall–Kier alpha value is -3.04. The zero-order chi connectivity index (χ0) is 23.0. The number of aromatic nitrogens is 3. The van der Waals surface area contributed by atoms with E-state index in [9.17, 15) is 9.18 Å². The molecule has 3 unspecified atom stereocenters. The summed E-state index contributed by atoms with van der Waals surface area (Å²) in [6.45, 7) is 7.36. The fourth-order valence-electron chi connectivity index (χ4n) is 4.18. The van der Waals surface area contributed by atoms with Gasteiger partial charge in [-0.3, -0.25) is 9.69 Å². The summed E-state index contributed by atoms with van der Waals surface area (Å²) in [5, 5.41) is 0.708. The van der Waals surface area contributed by atoms with Crippen LogP contribution in [0.25, 0.3) is 11.0 Å². The molecule has 1 saturated heterocycles. The third-order valence-corrected chi connectivity index (χ3v) is 6.28. The third-order valence-electron chi connectivity index (χ3n) is 6.28. The summed E-state index contributed by atoms with van der Waals surface area (Å²) in [5.74, 6) is -0.311. The van der Waals surface area contributed by atoms with Crippen molar-refractivity contribution in [1.29, 1.82) is 0 Å². The van der Waals surface area contributed by atoms with E-state index in [4.69, 9.17) is 10.5 Å². The van der Waals surface area contributed by atoms with Crippen molar-refractivity contribution < 1.29 is 13.9 Å². The third kappa shape index (κ3) is 4.31. The van der Waals surface area contributed by atoms with Gasteiger partial charge in [-0.1, -0.05) is 6.07 Å². The van der Waals surface area contributed by atoms with E-state index in [1.807, 2.05) is 11.8 Å². The number of benzene rings is 1. The first-order chi connectivity index (χ1) is 15.2. The molecule has 9 heteroatoms. The van der Waals surface area contributed by atoms with Crippen LogP contribution in [0.15, 0.2) is 30.7 Å². The van der Waals surface area contributed by atoms with Gasteiger partial charge in [0.2, 0.25) is 11.8 Å². The number of likely N-dealkylation sites (N-methyl/N-ethyl adjacent to an activating group) is 1. The minimum absolute atomic E-state index is 0.0518. The molecule has 1 amide bonds. The fourth-order valence-corrected chi connectivity index (χ4v) is 4.18. The molecular formula is C23H29FN6O2. The van der Waals surface area contributed by atoms with Crippen LogP contribution < -0.4 is 10.5 Å². The van der Waals surface area contributed by atoms with Crippen LogP contribution in [0.1, 0.15) is 25.0 Å². The largest absolute Gasteiger partial charge is 0.435 e. The molecule has 4 rings (SSSR count). The highest BCUT2D eigenvalue weighted by molar-refractivity contribution is 5.84. The van der Waals surface area contributed by atoms with E-state index in [-0.39, 0.29) is 36.0 Å². The Balaban J connectivity index is 1.45. The highest BCUT2D eigenvalue weighted by Gasteiger charge is 2.31. The van der Waals surface area contributed by atoms with E-state index in [0.717, 1.165) is 5.56 Å². The van der Waals surface area contributed by atoms with Crippen molar-refractivity contribution >= 4 is 16.9 Å². The summed E-state index contributed by atoms with van der Waals surface area (Å²) in [7, 11) is 2.06. The number of aromatic amines is 1. The highest BCUT2D eigenvalue weighted by atomic mass is 19.1. The minimum Gasteiger partial charge on any atom is -0.435 e. The highest BCUT2D eigenvalue weighted by Crippen LogP contribution is 2.30. The minimum atomic E-state index is -0.729. The van der Waals surface area contributed by atoms with Crippen molar-refractivity contribution in [2.75, 3.05) is 20.1 Å². The van der Waals surface area contributed by atoms with Crippen LogP contribution in [0.3, 0.4) is 0 Å². The van der Waals surface area contributed by atoms with Crippen molar-refractivity contribution in [1.82, 2.24) is 24.8 Å². The topological polar surface area (TPSA) is 100 Å². The van der Waals surface area contributed by atoms with Crippen LogP contribution in [-0.4, -0.2) is 68.9 Å². The zero-order valence-corrected chi connectivity index (χ0v) is 18.8. The predicted molar refractivity (Wildman–Crippen MR) is 120 cm³/mol.